The van der Waals surface area contributed by atoms with Gasteiger partial charge in [0.05, 0.1) is 18.6 Å². The van der Waals surface area contributed by atoms with E-state index in [1.165, 1.54) is 31.4 Å². The molecule has 3 aromatic carbocycles. The third kappa shape index (κ3) is 6.49. The number of anilines is 1. The maximum Gasteiger partial charge on any atom is 0.293 e. The van der Waals surface area contributed by atoms with E-state index >= 15 is 0 Å². The topological polar surface area (TPSA) is 84.9 Å². The molecule has 0 bridgehead atoms. The molecule has 0 aliphatic carbocycles. The maximum atomic E-state index is 13.1. The Balaban J connectivity index is 1.41. The van der Waals surface area contributed by atoms with Crippen LogP contribution >= 0.6 is 23.4 Å². The summed E-state index contributed by atoms with van der Waals surface area (Å²) in [6, 6.07) is 15.8. The van der Waals surface area contributed by atoms with E-state index in [-0.39, 0.29) is 24.0 Å². The number of benzene rings is 3. The molecule has 0 atom stereocenters. The lowest BCUT2D eigenvalue weighted by Gasteiger charge is -2.13. The molecule has 37 heavy (non-hydrogen) atoms. The van der Waals surface area contributed by atoms with Gasteiger partial charge in [0.25, 0.3) is 17.1 Å². The van der Waals surface area contributed by atoms with Crippen molar-refractivity contribution in [3.05, 3.63) is 93.1 Å². The van der Waals surface area contributed by atoms with Gasteiger partial charge in [0.15, 0.2) is 18.1 Å². The number of nitrogens with zero attached hydrogens (tertiary/aromatic N) is 1. The van der Waals surface area contributed by atoms with E-state index in [1.54, 1.807) is 42.5 Å². The maximum absolute atomic E-state index is 13.1. The van der Waals surface area contributed by atoms with Crippen molar-refractivity contribution in [3.8, 4) is 11.5 Å². The van der Waals surface area contributed by atoms with E-state index in [0.29, 0.717) is 33.3 Å². The second-order valence-corrected chi connectivity index (χ2v) is 9.51. The summed E-state index contributed by atoms with van der Waals surface area (Å²) < 4.78 is 24.1. The van der Waals surface area contributed by atoms with Gasteiger partial charge in [0.2, 0.25) is 0 Å². The van der Waals surface area contributed by atoms with Crippen LogP contribution in [0.3, 0.4) is 0 Å². The summed E-state index contributed by atoms with van der Waals surface area (Å²) in [6.07, 6.45) is 1.58. The van der Waals surface area contributed by atoms with Crippen LogP contribution in [0, 0.1) is 12.7 Å². The van der Waals surface area contributed by atoms with Crippen molar-refractivity contribution >= 4 is 52.2 Å². The minimum Gasteiger partial charge on any atom is -0.493 e. The van der Waals surface area contributed by atoms with Crippen LogP contribution in [0.1, 0.15) is 16.7 Å². The van der Waals surface area contributed by atoms with E-state index < -0.39 is 17.0 Å². The lowest BCUT2D eigenvalue weighted by atomic mass is 10.1. The SMILES string of the molecule is COc1cc(/C=C2\SC(=O)N(Cc3ccc(F)cc3)C2=O)ccc1OCC(=O)Nc1ccc(C)c(Cl)c1. The zero-order valence-corrected chi connectivity index (χ0v) is 21.5. The molecule has 0 aromatic heterocycles. The lowest BCUT2D eigenvalue weighted by Crippen LogP contribution is -2.27. The van der Waals surface area contributed by atoms with Crippen LogP contribution in [0.5, 0.6) is 11.5 Å². The molecule has 190 valence electrons. The third-order valence-corrected chi connectivity index (χ3v) is 6.74. The Morgan fingerprint density at radius 1 is 1.08 bits per heavy atom. The highest BCUT2D eigenvalue weighted by Gasteiger charge is 2.35. The number of amides is 3. The first-order chi connectivity index (χ1) is 17.7. The highest BCUT2D eigenvalue weighted by molar-refractivity contribution is 8.18. The number of methoxy groups -OCH3 is 1. The Morgan fingerprint density at radius 2 is 1.84 bits per heavy atom. The van der Waals surface area contributed by atoms with Crippen molar-refractivity contribution in [1.82, 2.24) is 4.90 Å². The summed E-state index contributed by atoms with van der Waals surface area (Å²) in [5.41, 5.74) is 2.70. The van der Waals surface area contributed by atoms with Crippen LogP contribution in [0.15, 0.2) is 65.6 Å². The quantitative estimate of drug-likeness (QED) is 0.350. The van der Waals surface area contributed by atoms with E-state index in [1.807, 2.05) is 6.92 Å². The predicted molar refractivity (Wildman–Crippen MR) is 141 cm³/mol. The van der Waals surface area contributed by atoms with Gasteiger partial charge >= 0.3 is 0 Å². The number of rotatable bonds is 8. The Labute approximate surface area is 222 Å². The molecule has 1 fully saturated rings. The van der Waals surface area contributed by atoms with Crippen molar-refractivity contribution in [2.75, 3.05) is 19.0 Å². The van der Waals surface area contributed by atoms with Crippen LogP contribution in [0.25, 0.3) is 6.08 Å². The van der Waals surface area contributed by atoms with Crippen molar-refractivity contribution < 1.29 is 28.2 Å². The number of thioether (sulfide) groups is 1. The number of aryl methyl sites for hydroxylation is 1. The van der Waals surface area contributed by atoms with Gasteiger partial charge in [-0.05, 0) is 77.9 Å². The molecule has 1 aliphatic heterocycles. The van der Waals surface area contributed by atoms with Gasteiger partial charge in [0, 0.05) is 10.7 Å². The summed E-state index contributed by atoms with van der Waals surface area (Å²) in [6.45, 7) is 1.66. The van der Waals surface area contributed by atoms with Gasteiger partial charge < -0.3 is 14.8 Å². The van der Waals surface area contributed by atoms with Gasteiger partial charge in [-0.3, -0.25) is 19.3 Å². The molecule has 0 unspecified atom stereocenters. The van der Waals surface area contributed by atoms with Gasteiger partial charge in [-0.2, -0.15) is 0 Å². The minimum atomic E-state index is -0.438. The number of carbonyl (C=O) groups is 3. The number of nitrogens with one attached hydrogen (secondary N) is 1. The van der Waals surface area contributed by atoms with E-state index in [0.717, 1.165) is 22.2 Å². The van der Waals surface area contributed by atoms with E-state index in [9.17, 15) is 18.8 Å². The largest absolute Gasteiger partial charge is 0.493 e. The average Bonchev–Trinajstić information content (AvgIpc) is 3.13. The molecule has 1 aliphatic rings. The molecule has 4 rings (SSSR count). The molecule has 0 radical (unpaired) electrons. The molecule has 1 saturated heterocycles. The highest BCUT2D eigenvalue weighted by atomic mass is 35.5. The summed E-state index contributed by atoms with van der Waals surface area (Å²) in [5, 5.41) is 2.85. The Bertz CT molecular complexity index is 1390. The third-order valence-electron chi connectivity index (χ3n) is 5.43. The first-order valence-corrected chi connectivity index (χ1v) is 12.3. The standard InChI is InChI=1S/C27H22ClFN2O5S/c1-16-3-9-20(13-21(16)28)30-25(32)15-36-22-10-6-18(11-23(22)35-2)12-24-26(33)31(27(34)37-24)14-17-4-7-19(29)8-5-17/h3-13H,14-15H2,1-2H3,(H,30,32)/b24-12-. The molecule has 0 saturated carbocycles. The van der Waals surface area contributed by atoms with Crippen LogP contribution in [-0.4, -0.2) is 35.7 Å². The zero-order valence-electron chi connectivity index (χ0n) is 19.9. The summed E-state index contributed by atoms with van der Waals surface area (Å²) in [5.74, 6) is -0.519. The second kappa shape index (κ2) is 11.5. The van der Waals surface area contributed by atoms with Crippen LogP contribution < -0.4 is 14.8 Å². The molecular weight excluding hydrogens is 519 g/mol. The van der Waals surface area contributed by atoms with E-state index in [2.05, 4.69) is 5.32 Å². The molecule has 7 nitrogen and oxygen atoms in total. The summed E-state index contributed by atoms with van der Waals surface area (Å²) in [7, 11) is 1.46. The number of halogens is 2. The molecule has 0 spiro atoms. The Kier molecular flexibility index (Phi) is 8.15. The fourth-order valence-corrected chi connectivity index (χ4v) is 4.48. The lowest BCUT2D eigenvalue weighted by molar-refractivity contribution is -0.123. The number of imide groups is 1. The Hall–Kier alpha value is -3.82. The van der Waals surface area contributed by atoms with Gasteiger partial charge in [-0.1, -0.05) is 35.9 Å². The molecule has 10 heteroatoms. The summed E-state index contributed by atoms with van der Waals surface area (Å²) >= 11 is 6.92. The van der Waals surface area contributed by atoms with Gasteiger partial charge in [0.1, 0.15) is 5.82 Å². The number of hydrogen-bond acceptors (Lipinski definition) is 6. The predicted octanol–water partition coefficient (Wildman–Crippen LogP) is 6.05. The average molecular weight is 541 g/mol. The summed E-state index contributed by atoms with van der Waals surface area (Å²) in [4.78, 5) is 38.9. The van der Waals surface area contributed by atoms with E-state index in [4.69, 9.17) is 21.1 Å². The fourth-order valence-electron chi connectivity index (χ4n) is 3.46. The van der Waals surface area contributed by atoms with Crippen molar-refractivity contribution in [2.45, 2.75) is 13.5 Å². The Morgan fingerprint density at radius 3 is 2.54 bits per heavy atom. The van der Waals surface area contributed by atoms with Gasteiger partial charge in [-0.25, -0.2) is 4.39 Å². The van der Waals surface area contributed by atoms with Crippen LogP contribution in [0.4, 0.5) is 14.9 Å². The smallest absolute Gasteiger partial charge is 0.293 e. The van der Waals surface area contributed by atoms with Crippen molar-refractivity contribution in [2.24, 2.45) is 0 Å². The minimum absolute atomic E-state index is 0.0508. The molecule has 3 aromatic rings. The molecule has 1 heterocycles. The first kappa shape index (κ1) is 26.2. The van der Waals surface area contributed by atoms with Crippen LogP contribution in [0.2, 0.25) is 5.02 Å². The second-order valence-electron chi connectivity index (χ2n) is 8.11. The zero-order chi connectivity index (χ0) is 26.5. The highest BCUT2D eigenvalue weighted by Crippen LogP contribution is 2.35. The normalized spacial score (nSPS) is 14.3. The monoisotopic (exact) mass is 540 g/mol. The molecule has 1 N–H and O–H groups in total. The van der Waals surface area contributed by atoms with Crippen LogP contribution in [-0.2, 0) is 16.1 Å². The number of carbonyl (C=O) groups excluding carboxylic acids is 3. The fraction of sp³-hybridized carbons (Fsp3) is 0.148. The van der Waals surface area contributed by atoms with Gasteiger partial charge in [-0.15, -0.1) is 0 Å². The molecule has 3 amide bonds. The first-order valence-electron chi connectivity index (χ1n) is 11.1. The molecular formula is C27H22ClFN2O5S. The van der Waals surface area contributed by atoms with Crippen molar-refractivity contribution in [1.29, 1.82) is 0 Å². The number of hydrogen-bond donors (Lipinski definition) is 1. The van der Waals surface area contributed by atoms with Crippen molar-refractivity contribution in [3.63, 3.8) is 0 Å². The number of ether oxygens (including phenoxy) is 2.